The van der Waals surface area contributed by atoms with Crippen molar-refractivity contribution in [3.8, 4) is 38.7 Å². The van der Waals surface area contributed by atoms with E-state index in [1.807, 2.05) is 22.9 Å². The number of carbonyl (C=O) groups is 4. The molecular weight excluding hydrogens is 1110 g/mol. The van der Waals surface area contributed by atoms with E-state index in [1.165, 1.54) is 23.3 Å². The van der Waals surface area contributed by atoms with Crippen LogP contribution in [0.15, 0.2) is 47.2 Å². The number of benzene rings is 2. The maximum absolute atomic E-state index is 12.7. The van der Waals surface area contributed by atoms with Crippen LogP contribution in [0.5, 0.6) is 17.2 Å². The molecule has 4 aromatic heterocycles. The molecule has 428 valence electrons. The summed E-state index contributed by atoms with van der Waals surface area (Å²) < 4.78 is 27.5. The van der Waals surface area contributed by atoms with Crippen LogP contribution in [-0.2, 0) is 19.1 Å². The van der Waals surface area contributed by atoms with Gasteiger partial charge in [0.25, 0.3) is 0 Å². The monoisotopic (exact) mass is 1180 g/mol. The van der Waals surface area contributed by atoms with Crippen LogP contribution >= 0.6 is 57.5 Å². The molecule has 2 fully saturated rings. The van der Waals surface area contributed by atoms with E-state index in [1.54, 1.807) is 84.3 Å². The van der Waals surface area contributed by atoms with E-state index in [0.29, 0.717) is 65.4 Å². The summed E-state index contributed by atoms with van der Waals surface area (Å²) in [6.45, 7) is 18.7. The fourth-order valence-electron chi connectivity index (χ4n) is 7.77. The largest absolute Gasteiger partial charge is 0.495 e. The SMILES string of the molecule is C.C.C.CC(C)(C)OC(=O)N1C[C@H](O)C[C@H]1C(=O)O.COc1ccc2c(Cl)cc(-c3nc(C(C)C)cs3)nc2c1Cl.COc1ccc2c(O[C@@H]3C[C@@H](C(=O)O)N(C(=O)OC(C)(C)C)C3)cc(-c3nc(C(C)C)cs3)nc2c1Cl. The van der Waals surface area contributed by atoms with Gasteiger partial charge in [-0.15, -0.1) is 22.7 Å². The van der Waals surface area contributed by atoms with Crippen molar-refractivity contribution < 1.29 is 58.2 Å². The Morgan fingerprint density at radius 1 is 0.628 bits per heavy atom. The second kappa shape index (κ2) is 27.4. The quantitative estimate of drug-likeness (QED) is 0.116. The van der Waals surface area contributed by atoms with Crippen molar-refractivity contribution in [2.45, 2.75) is 152 Å². The Balaban J connectivity index is 0.000000332. The first-order valence-electron chi connectivity index (χ1n) is 23.8. The fourth-order valence-corrected chi connectivity index (χ4v) is 10.5. The van der Waals surface area contributed by atoms with Gasteiger partial charge < -0.3 is 39.0 Å². The molecule has 2 aliphatic rings. The molecule has 6 aromatic rings. The Hall–Kier alpha value is -5.77. The molecule has 0 bridgehead atoms. The average Bonchev–Trinajstić information content (AvgIpc) is 4.16. The van der Waals surface area contributed by atoms with Crippen molar-refractivity contribution in [1.82, 2.24) is 29.7 Å². The molecule has 0 aliphatic carbocycles. The van der Waals surface area contributed by atoms with Gasteiger partial charge in [0.2, 0.25) is 0 Å². The molecule has 6 heterocycles. The summed E-state index contributed by atoms with van der Waals surface area (Å²) in [7, 11) is 3.11. The van der Waals surface area contributed by atoms with Gasteiger partial charge >= 0.3 is 24.1 Å². The van der Waals surface area contributed by atoms with E-state index < -0.39 is 59.6 Å². The minimum absolute atomic E-state index is 0. The molecule has 0 saturated carbocycles. The predicted octanol–water partition coefficient (Wildman–Crippen LogP) is 14.1. The van der Waals surface area contributed by atoms with Crippen LogP contribution in [0.4, 0.5) is 9.59 Å². The maximum atomic E-state index is 12.7. The van der Waals surface area contributed by atoms with Gasteiger partial charge in [-0.05, 0) is 83.7 Å². The highest BCUT2D eigenvalue weighted by Crippen LogP contribution is 2.41. The smallest absolute Gasteiger partial charge is 0.411 e. The lowest BCUT2D eigenvalue weighted by atomic mass is 10.1. The number of hydrogen-bond donors (Lipinski definition) is 3. The minimum Gasteiger partial charge on any atom is -0.495 e. The Kier molecular flexibility index (Phi) is 23.4. The van der Waals surface area contributed by atoms with Crippen LogP contribution in [0.2, 0.25) is 15.1 Å². The summed E-state index contributed by atoms with van der Waals surface area (Å²) in [5.41, 5.74) is 2.98. The molecule has 23 heteroatoms. The van der Waals surface area contributed by atoms with Gasteiger partial charge in [0, 0.05) is 40.4 Å². The lowest BCUT2D eigenvalue weighted by molar-refractivity contribution is -0.142. The molecule has 4 atom stereocenters. The fraction of sp³-hybridized carbons (Fsp3) is 0.491. The van der Waals surface area contributed by atoms with Gasteiger partial charge in [0.15, 0.2) is 0 Å². The highest BCUT2D eigenvalue weighted by atomic mass is 35.5. The van der Waals surface area contributed by atoms with Gasteiger partial charge in [-0.25, -0.2) is 39.1 Å². The van der Waals surface area contributed by atoms with Gasteiger partial charge in [-0.1, -0.05) is 84.8 Å². The summed E-state index contributed by atoms with van der Waals surface area (Å²) >= 11 is 22.4. The van der Waals surface area contributed by atoms with Crippen molar-refractivity contribution in [2.24, 2.45) is 0 Å². The number of aliphatic carboxylic acids is 2. The van der Waals surface area contributed by atoms with Gasteiger partial charge in [0.05, 0.1) is 60.9 Å². The zero-order valence-electron chi connectivity index (χ0n) is 43.6. The van der Waals surface area contributed by atoms with E-state index in [9.17, 15) is 29.4 Å². The predicted molar refractivity (Wildman–Crippen MR) is 311 cm³/mol. The molecule has 78 heavy (non-hydrogen) atoms. The number of aromatic nitrogens is 4. The van der Waals surface area contributed by atoms with Crippen LogP contribution in [0.1, 0.15) is 128 Å². The summed E-state index contributed by atoms with van der Waals surface area (Å²) in [5.74, 6) is -0.0891. The van der Waals surface area contributed by atoms with Gasteiger partial charge in [-0.2, -0.15) is 0 Å². The molecule has 2 saturated heterocycles. The number of thiazole rings is 2. The van der Waals surface area contributed by atoms with Crippen molar-refractivity contribution >= 4 is 103 Å². The van der Waals surface area contributed by atoms with Crippen LogP contribution in [0.25, 0.3) is 43.2 Å². The number of likely N-dealkylation sites (tertiary alicyclic amines) is 2. The summed E-state index contributed by atoms with van der Waals surface area (Å²) in [6.07, 6.45) is -2.62. The number of ether oxygens (including phenoxy) is 5. The first-order chi connectivity index (χ1) is 35.1. The topological polar surface area (TPSA) is 233 Å². The number of methoxy groups -OCH3 is 2. The molecule has 2 amide bonds. The number of nitrogens with zero attached hydrogens (tertiary/aromatic N) is 6. The van der Waals surface area contributed by atoms with Crippen molar-refractivity contribution in [3.05, 3.63) is 73.6 Å². The Labute approximate surface area is 479 Å². The van der Waals surface area contributed by atoms with E-state index in [-0.39, 0.29) is 54.1 Å². The Morgan fingerprint density at radius 3 is 1.47 bits per heavy atom. The third-order valence-corrected chi connectivity index (χ3v) is 14.3. The van der Waals surface area contributed by atoms with Crippen LogP contribution in [0, 0.1) is 0 Å². The van der Waals surface area contributed by atoms with Crippen molar-refractivity contribution in [3.63, 3.8) is 0 Å². The number of pyridine rings is 2. The maximum Gasteiger partial charge on any atom is 0.411 e. The van der Waals surface area contributed by atoms with E-state index in [0.717, 1.165) is 32.4 Å². The molecular formula is C55H73Cl3N6O12S2. The number of aliphatic hydroxyl groups is 1. The zero-order chi connectivity index (χ0) is 55.4. The van der Waals surface area contributed by atoms with Gasteiger partial charge in [-0.3, -0.25) is 9.80 Å². The molecule has 2 aromatic carbocycles. The third kappa shape index (κ3) is 16.2. The number of carboxylic acids is 2. The number of hydrogen-bond acceptors (Lipinski definition) is 16. The normalized spacial score (nSPS) is 16.9. The highest BCUT2D eigenvalue weighted by Gasteiger charge is 2.43. The number of amides is 2. The number of aliphatic hydroxyl groups excluding tert-OH is 1. The first-order valence-corrected chi connectivity index (χ1v) is 26.7. The number of β-amino-alcohol motifs (C(OH)–C–C–N with tert-alkyl or cyclic N) is 1. The second-order valence-corrected chi connectivity index (χ2v) is 23.1. The Bertz CT molecular complexity index is 3070. The van der Waals surface area contributed by atoms with E-state index >= 15 is 0 Å². The molecule has 0 radical (unpaired) electrons. The van der Waals surface area contributed by atoms with Crippen LogP contribution in [0.3, 0.4) is 0 Å². The van der Waals surface area contributed by atoms with Crippen LogP contribution in [-0.4, -0.2) is 132 Å². The average molecular weight is 1180 g/mol. The lowest BCUT2D eigenvalue weighted by Crippen LogP contribution is -2.43. The zero-order valence-corrected chi connectivity index (χ0v) is 47.5. The molecule has 0 unspecified atom stereocenters. The standard InChI is InChI=1S/C26H30ClN3O6S.C16H14Cl2N2OS.C10H17NO5.3CH4/c1-13(2)17-12-37-23(29-17)16-10-20(15-7-8-19(34-6)21(27)22(15)28-16)35-14-9-18(24(31)32)30(11-14)25(33)36-26(3,4)5;1-8(2)12-7-22-16(20-12)11-6-10(17)9-4-5-13(21-3)14(18)15(9)19-11;1-10(2,3)16-9(15)11-5-6(12)4-7(11)8(13)14;;;/h7-8,10,12-14,18H,9,11H2,1-6H3,(H,31,32);4-8H,1-3H3;6-7,12H,4-5H2,1-3H3,(H,13,14);3*1H4/t14-,18+;;6-,7+;;;/m1.1.../s1. The number of rotatable bonds is 10. The van der Waals surface area contributed by atoms with Crippen molar-refractivity contribution in [2.75, 3.05) is 27.3 Å². The van der Waals surface area contributed by atoms with E-state index in [2.05, 4.69) is 37.7 Å². The van der Waals surface area contributed by atoms with E-state index in [4.69, 9.17) is 73.6 Å². The number of carboxylic acid groups (broad SMARTS) is 2. The summed E-state index contributed by atoms with van der Waals surface area (Å²) in [6, 6.07) is 8.71. The molecule has 3 N–H and O–H groups in total. The van der Waals surface area contributed by atoms with Crippen LogP contribution < -0.4 is 14.2 Å². The number of halogens is 3. The summed E-state index contributed by atoms with van der Waals surface area (Å²) in [5, 5.41) is 36.4. The third-order valence-electron chi connectivity index (χ3n) is 11.4. The molecule has 18 nitrogen and oxygen atoms in total. The molecule has 8 rings (SSSR count). The summed E-state index contributed by atoms with van der Waals surface area (Å²) in [4.78, 5) is 68.2. The first kappa shape index (κ1) is 66.5. The lowest BCUT2D eigenvalue weighted by Gasteiger charge is -2.26. The van der Waals surface area contributed by atoms with Crippen molar-refractivity contribution in [1.29, 1.82) is 0 Å². The van der Waals surface area contributed by atoms with Gasteiger partial charge in [0.1, 0.15) is 78.1 Å². The second-order valence-electron chi connectivity index (χ2n) is 20.3. The molecule has 2 aliphatic heterocycles. The minimum atomic E-state index is -1.12. The number of fused-ring (bicyclic) bond motifs is 2. The molecule has 0 spiro atoms. The number of carbonyl (C=O) groups excluding carboxylic acids is 2. The Morgan fingerprint density at radius 2 is 1.05 bits per heavy atom. The highest BCUT2D eigenvalue weighted by molar-refractivity contribution is 7.13.